The number of nitrogens with zero attached hydrogens (tertiary/aromatic N) is 3. The molecule has 230 valence electrons. The van der Waals surface area contributed by atoms with Crippen molar-refractivity contribution < 1.29 is 36.7 Å². The normalized spacial score (nSPS) is 24.0. The SMILES string of the molecule is CC1=NO[C@@]2(CC[C@H](C)N3C[C@H]2n2cc(C(=O)NCc4c(F)cc(F)cc4F)c(=O)c(OCc4ccccc4)c2C3=O)[C@H]1F. The third kappa shape index (κ3) is 4.80. The smallest absolute Gasteiger partial charge is 0.274 e. The lowest BCUT2D eigenvalue weighted by molar-refractivity contribution is -0.0957. The van der Waals surface area contributed by atoms with Crippen molar-refractivity contribution in [2.45, 2.75) is 63.7 Å². The first-order valence-corrected chi connectivity index (χ1v) is 14.1. The van der Waals surface area contributed by atoms with E-state index in [0.717, 1.165) is 6.20 Å². The molecule has 3 aliphatic rings. The summed E-state index contributed by atoms with van der Waals surface area (Å²) in [5, 5.41) is 6.21. The highest BCUT2D eigenvalue weighted by Crippen LogP contribution is 2.47. The predicted octanol–water partition coefficient (Wildman–Crippen LogP) is 4.44. The molecule has 1 saturated heterocycles. The van der Waals surface area contributed by atoms with Crippen molar-refractivity contribution in [2.24, 2.45) is 5.16 Å². The highest BCUT2D eigenvalue weighted by Gasteiger charge is 2.59. The molecule has 4 heterocycles. The minimum Gasteiger partial charge on any atom is -0.483 e. The van der Waals surface area contributed by atoms with Gasteiger partial charge in [-0.3, -0.25) is 14.4 Å². The Balaban J connectivity index is 1.47. The lowest BCUT2D eigenvalue weighted by Gasteiger charge is -2.42. The third-order valence-electron chi connectivity index (χ3n) is 8.57. The van der Waals surface area contributed by atoms with Gasteiger partial charge in [0.2, 0.25) is 5.43 Å². The number of fused-ring (bicyclic) bond motifs is 5. The van der Waals surface area contributed by atoms with Crippen LogP contribution in [-0.4, -0.2) is 51.4 Å². The molecule has 2 aromatic carbocycles. The lowest BCUT2D eigenvalue weighted by Crippen LogP contribution is -2.55. The van der Waals surface area contributed by atoms with Gasteiger partial charge in [0.05, 0.1) is 11.8 Å². The van der Waals surface area contributed by atoms with Crippen molar-refractivity contribution in [3.05, 3.63) is 98.7 Å². The summed E-state index contributed by atoms with van der Waals surface area (Å²) in [6, 6.07) is 8.48. The van der Waals surface area contributed by atoms with Gasteiger partial charge in [0.15, 0.2) is 23.2 Å². The van der Waals surface area contributed by atoms with E-state index in [-0.39, 0.29) is 37.0 Å². The fourth-order valence-electron chi connectivity index (χ4n) is 6.12. The molecule has 4 atom stereocenters. The van der Waals surface area contributed by atoms with Gasteiger partial charge in [0.25, 0.3) is 11.8 Å². The van der Waals surface area contributed by atoms with Gasteiger partial charge >= 0.3 is 0 Å². The van der Waals surface area contributed by atoms with Crippen LogP contribution in [0.1, 0.15) is 64.7 Å². The fourth-order valence-corrected chi connectivity index (χ4v) is 6.12. The Morgan fingerprint density at radius 3 is 2.52 bits per heavy atom. The zero-order valence-corrected chi connectivity index (χ0v) is 23.8. The van der Waals surface area contributed by atoms with Crippen molar-refractivity contribution >= 4 is 17.5 Å². The molecule has 1 aromatic heterocycles. The van der Waals surface area contributed by atoms with E-state index in [2.05, 4.69) is 10.5 Å². The molecule has 1 N–H and O–H groups in total. The number of halogens is 4. The molecule has 0 unspecified atom stereocenters. The van der Waals surface area contributed by atoms with Crippen molar-refractivity contribution in [3.8, 4) is 5.75 Å². The van der Waals surface area contributed by atoms with Gasteiger partial charge in [-0.2, -0.15) is 0 Å². The standard InChI is InChI=1S/C31H28F4N4O5/c1-16-8-9-31(28(35)17(2)37-44-31)24-14-38(16)30(42)25-27(43-15-18-6-4-3-5-7-18)26(40)21(13-39(24)25)29(41)36-12-20-22(33)10-19(32)11-23(20)34/h3-7,10-11,13,16,24,28H,8-9,12,14-15H2,1-2H3,(H,36,41)/t16-,24+,28-,31+/m0/s1. The van der Waals surface area contributed by atoms with E-state index in [1.807, 2.05) is 6.92 Å². The maximum Gasteiger partial charge on any atom is 0.274 e. The largest absolute Gasteiger partial charge is 0.483 e. The summed E-state index contributed by atoms with van der Waals surface area (Å²) in [5.41, 5.74) is -3.01. The molecule has 1 spiro atoms. The maximum absolute atomic E-state index is 15.9. The Hall–Kier alpha value is -4.68. The molecule has 2 amide bonds. The minimum atomic E-state index is -1.64. The van der Waals surface area contributed by atoms with E-state index in [0.29, 0.717) is 24.1 Å². The van der Waals surface area contributed by atoms with Crippen LogP contribution >= 0.6 is 0 Å². The number of alkyl halides is 1. The summed E-state index contributed by atoms with van der Waals surface area (Å²) in [7, 11) is 0. The van der Waals surface area contributed by atoms with Crippen LogP contribution in [0, 0.1) is 17.5 Å². The average Bonchev–Trinajstić information content (AvgIpc) is 3.20. The Labute approximate surface area is 249 Å². The number of amides is 2. The molecule has 9 nitrogen and oxygen atoms in total. The number of oxime groups is 1. The van der Waals surface area contributed by atoms with Crippen LogP contribution < -0.4 is 15.5 Å². The minimum absolute atomic E-state index is 0.00424. The molecule has 44 heavy (non-hydrogen) atoms. The van der Waals surface area contributed by atoms with Gasteiger partial charge in [-0.1, -0.05) is 35.5 Å². The number of hydrogen-bond acceptors (Lipinski definition) is 6. The third-order valence-corrected chi connectivity index (χ3v) is 8.57. The van der Waals surface area contributed by atoms with Gasteiger partial charge in [-0.05, 0) is 32.3 Å². The number of rotatable bonds is 6. The van der Waals surface area contributed by atoms with Crippen LogP contribution in [0.15, 0.2) is 58.6 Å². The molecule has 6 rings (SSSR count). The number of aromatic nitrogens is 1. The zero-order valence-electron chi connectivity index (χ0n) is 23.8. The summed E-state index contributed by atoms with van der Waals surface area (Å²) in [5.74, 6) is -5.59. The number of benzene rings is 2. The number of hydrogen-bond donors (Lipinski definition) is 1. The maximum atomic E-state index is 15.9. The lowest BCUT2D eigenvalue weighted by atomic mass is 9.82. The van der Waals surface area contributed by atoms with Crippen LogP contribution in [-0.2, 0) is 18.0 Å². The topological polar surface area (TPSA) is 102 Å². The van der Waals surface area contributed by atoms with Crippen molar-refractivity contribution in [1.29, 1.82) is 0 Å². The van der Waals surface area contributed by atoms with E-state index in [4.69, 9.17) is 9.57 Å². The number of pyridine rings is 1. The number of ether oxygens (including phenoxy) is 1. The van der Waals surface area contributed by atoms with Crippen LogP contribution in [0.25, 0.3) is 0 Å². The Kier molecular flexibility index (Phi) is 7.42. The van der Waals surface area contributed by atoms with Crippen LogP contribution in [0.3, 0.4) is 0 Å². The van der Waals surface area contributed by atoms with Crippen LogP contribution in [0.2, 0.25) is 0 Å². The van der Waals surface area contributed by atoms with Gasteiger partial charge in [0, 0.05) is 43.0 Å². The molecule has 13 heteroatoms. The van der Waals surface area contributed by atoms with Gasteiger partial charge in [0.1, 0.15) is 29.6 Å². The average molecular weight is 613 g/mol. The summed E-state index contributed by atoms with van der Waals surface area (Å²) in [4.78, 5) is 48.5. The Morgan fingerprint density at radius 2 is 1.86 bits per heavy atom. The first kappa shape index (κ1) is 29.4. The summed E-state index contributed by atoms with van der Waals surface area (Å²) >= 11 is 0. The van der Waals surface area contributed by atoms with Crippen molar-refractivity contribution in [3.63, 3.8) is 0 Å². The Bertz CT molecular complexity index is 1720. The second-order valence-corrected chi connectivity index (χ2v) is 11.3. The van der Waals surface area contributed by atoms with E-state index < -0.39 is 75.9 Å². The number of carbonyl (C=O) groups is 2. The van der Waals surface area contributed by atoms with Crippen molar-refractivity contribution in [1.82, 2.24) is 14.8 Å². The highest BCUT2D eigenvalue weighted by molar-refractivity contribution is 5.99. The second kappa shape index (κ2) is 11.1. The van der Waals surface area contributed by atoms with Gasteiger partial charge in [-0.25, -0.2) is 17.6 Å². The van der Waals surface area contributed by atoms with Gasteiger partial charge in [-0.15, -0.1) is 0 Å². The molecule has 2 bridgehead atoms. The molecular formula is C31H28F4N4O5. The second-order valence-electron chi connectivity index (χ2n) is 11.3. The highest BCUT2D eigenvalue weighted by atomic mass is 19.1. The molecule has 1 fully saturated rings. The molecule has 3 aromatic rings. The molecule has 0 radical (unpaired) electrons. The quantitative estimate of drug-likeness (QED) is 0.415. The first-order chi connectivity index (χ1) is 21.0. The van der Waals surface area contributed by atoms with E-state index in [9.17, 15) is 27.6 Å². The molecular weight excluding hydrogens is 584 g/mol. The van der Waals surface area contributed by atoms with Crippen LogP contribution in [0.4, 0.5) is 17.6 Å². The van der Waals surface area contributed by atoms with Gasteiger partial charge < -0.3 is 24.4 Å². The summed E-state index contributed by atoms with van der Waals surface area (Å²) in [6.07, 6.45) is 0.0462. The molecule has 0 saturated carbocycles. The van der Waals surface area contributed by atoms with Crippen LogP contribution in [0.5, 0.6) is 5.75 Å². The monoisotopic (exact) mass is 612 g/mol. The molecule has 3 aliphatic heterocycles. The zero-order chi connectivity index (χ0) is 31.3. The number of carbonyl (C=O) groups excluding carboxylic acids is 2. The number of nitrogens with one attached hydrogen (secondary N) is 1. The van der Waals surface area contributed by atoms with E-state index in [1.165, 1.54) is 16.4 Å². The molecule has 0 aliphatic carbocycles. The fraction of sp³-hybridized carbons (Fsp3) is 0.355. The van der Waals surface area contributed by atoms with Crippen molar-refractivity contribution in [2.75, 3.05) is 6.54 Å². The predicted molar refractivity (Wildman–Crippen MR) is 150 cm³/mol. The van der Waals surface area contributed by atoms with E-state index in [1.54, 1.807) is 30.3 Å². The summed E-state index contributed by atoms with van der Waals surface area (Å²) < 4.78 is 65.1. The first-order valence-electron chi connectivity index (χ1n) is 14.1. The summed E-state index contributed by atoms with van der Waals surface area (Å²) in [6.45, 7) is 2.47. The Morgan fingerprint density at radius 1 is 1.16 bits per heavy atom. The van der Waals surface area contributed by atoms with E-state index >= 15 is 4.39 Å².